The van der Waals surface area contributed by atoms with Gasteiger partial charge >= 0.3 is 0 Å². The van der Waals surface area contributed by atoms with Gasteiger partial charge in [-0.2, -0.15) is 4.39 Å². The molecule has 1 aliphatic heterocycles. The molecule has 130 valence electrons. The van der Waals surface area contributed by atoms with Crippen LogP contribution < -0.4 is 5.32 Å². The Hall–Kier alpha value is -2.36. The maximum Gasteiger partial charge on any atom is 0.230 e. The lowest BCUT2D eigenvalue weighted by atomic mass is 10.2. The van der Waals surface area contributed by atoms with Crippen LogP contribution in [0.25, 0.3) is 0 Å². The van der Waals surface area contributed by atoms with Gasteiger partial charge < -0.3 is 10.4 Å². The third kappa shape index (κ3) is 5.59. The Morgan fingerprint density at radius 1 is 1.48 bits per heavy atom. The van der Waals surface area contributed by atoms with Crippen molar-refractivity contribution in [3.63, 3.8) is 0 Å². The van der Waals surface area contributed by atoms with Gasteiger partial charge in [0.05, 0.1) is 18.2 Å². The first kappa shape index (κ1) is 19.0. The number of aromatic nitrogens is 1. The number of aliphatic hydroxyl groups excluding tert-OH is 1. The van der Waals surface area contributed by atoms with Crippen LogP contribution in [0.4, 0.5) is 10.2 Å². The molecule has 2 heterocycles. The van der Waals surface area contributed by atoms with Crippen molar-refractivity contribution >= 4 is 23.3 Å². The van der Waals surface area contributed by atoms with Gasteiger partial charge in [0.1, 0.15) is 5.82 Å². The summed E-state index contributed by atoms with van der Waals surface area (Å²) >= 11 is 1.65. The van der Waals surface area contributed by atoms with Crippen LogP contribution in [0, 0.1) is 17.8 Å². The number of thioether (sulfide) groups is 1. The first-order chi connectivity index (χ1) is 12.2. The number of halogens is 1. The zero-order valence-corrected chi connectivity index (χ0v) is 15.0. The molecule has 0 aliphatic carbocycles. The SMILES string of the molecule is C/C=C\C1N=C(/C=C/C#Cc2ccc(NC)nc2F)CS/C1=C/CO. The molecule has 0 radical (unpaired) electrons. The van der Waals surface area contributed by atoms with Crippen molar-refractivity contribution in [2.45, 2.75) is 13.0 Å². The number of nitrogens with one attached hydrogen (secondary N) is 1. The number of pyridine rings is 1. The second-order valence-corrected chi connectivity index (χ2v) is 6.11. The molecule has 0 aromatic carbocycles. The Morgan fingerprint density at radius 3 is 3.00 bits per heavy atom. The highest BCUT2D eigenvalue weighted by atomic mass is 32.2. The van der Waals surface area contributed by atoms with Crippen molar-refractivity contribution in [3.05, 3.63) is 58.9 Å². The van der Waals surface area contributed by atoms with Crippen LogP contribution in [0.5, 0.6) is 0 Å². The number of aliphatic imine (C=N–C) groups is 1. The molecule has 1 aliphatic rings. The summed E-state index contributed by atoms with van der Waals surface area (Å²) in [4.78, 5) is 9.43. The molecule has 25 heavy (non-hydrogen) atoms. The van der Waals surface area contributed by atoms with Crippen molar-refractivity contribution in [3.8, 4) is 11.8 Å². The molecule has 0 fully saturated rings. The van der Waals surface area contributed by atoms with E-state index >= 15 is 0 Å². The van der Waals surface area contributed by atoms with Crippen LogP contribution in [-0.2, 0) is 0 Å². The maximum absolute atomic E-state index is 13.7. The highest BCUT2D eigenvalue weighted by Gasteiger charge is 2.16. The molecule has 0 saturated heterocycles. The van der Waals surface area contributed by atoms with E-state index in [0.717, 1.165) is 10.6 Å². The van der Waals surface area contributed by atoms with Crippen LogP contribution in [0.15, 0.2) is 52.4 Å². The Kier molecular flexibility index (Phi) is 7.45. The van der Waals surface area contributed by atoms with Gasteiger partial charge in [0.15, 0.2) is 0 Å². The molecule has 1 aromatic rings. The van der Waals surface area contributed by atoms with Gasteiger partial charge in [-0.05, 0) is 37.3 Å². The normalized spacial score (nSPS) is 19.1. The quantitative estimate of drug-likeness (QED) is 0.494. The molecule has 2 N–H and O–H groups in total. The highest BCUT2D eigenvalue weighted by molar-refractivity contribution is 8.03. The minimum absolute atomic E-state index is 0.00843. The molecule has 6 heteroatoms. The third-order valence-electron chi connectivity index (χ3n) is 3.32. The number of hydrogen-bond donors (Lipinski definition) is 2. The van der Waals surface area contributed by atoms with E-state index in [4.69, 9.17) is 5.11 Å². The van der Waals surface area contributed by atoms with Gasteiger partial charge in [0.2, 0.25) is 5.95 Å². The number of nitrogens with zero attached hydrogens (tertiary/aromatic N) is 2. The number of allylic oxidation sites excluding steroid dienone is 3. The molecule has 0 amide bonds. The van der Waals surface area contributed by atoms with Crippen molar-refractivity contribution in [2.24, 2.45) is 4.99 Å². The summed E-state index contributed by atoms with van der Waals surface area (Å²) in [5, 5.41) is 11.8. The molecule has 1 atom stereocenters. The maximum atomic E-state index is 13.7. The Labute approximate surface area is 151 Å². The monoisotopic (exact) mass is 357 g/mol. The van der Waals surface area contributed by atoms with Crippen LogP contribution in [-0.4, -0.2) is 41.3 Å². The Bertz CT molecular complexity index is 788. The lowest BCUT2D eigenvalue weighted by molar-refractivity contribution is 0.342. The van der Waals surface area contributed by atoms with Gasteiger partial charge in [-0.3, -0.25) is 4.99 Å². The summed E-state index contributed by atoms with van der Waals surface area (Å²) in [6, 6.07) is 3.20. The minimum atomic E-state index is -0.592. The van der Waals surface area contributed by atoms with Crippen LogP contribution in [0.2, 0.25) is 0 Å². The first-order valence-corrected chi connectivity index (χ1v) is 8.82. The molecule has 1 unspecified atom stereocenters. The van der Waals surface area contributed by atoms with Gasteiger partial charge in [0.25, 0.3) is 0 Å². The zero-order chi connectivity index (χ0) is 18.1. The Balaban J connectivity index is 2.10. The number of aliphatic hydroxyl groups is 1. The summed E-state index contributed by atoms with van der Waals surface area (Å²) in [6.07, 6.45) is 9.20. The third-order valence-corrected chi connectivity index (χ3v) is 4.50. The lowest BCUT2D eigenvalue weighted by Crippen LogP contribution is -2.15. The second kappa shape index (κ2) is 9.82. The summed E-state index contributed by atoms with van der Waals surface area (Å²) in [7, 11) is 1.68. The fraction of sp³-hybridized carbons (Fsp3) is 0.263. The van der Waals surface area contributed by atoms with Crippen LogP contribution in [0.1, 0.15) is 12.5 Å². The van der Waals surface area contributed by atoms with Crippen molar-refractivity contribution in [1.82, 2.24) is 4.98 Å². The molecule has 0 bridgehead atoms. The van der Waals surface area contributed by atoms with E-state index in [-0.39, 0.29) is 18.2 Å². The first-order valence-electron chi connectivity index (χ1n) is 7.83. The second-order valence-electron chi connectivity index (χ2n) is 5.06. The molecule has 2 rings (SSSR count). The van der Waals surface area contributed by atoms with Gasteiger partial charge in [-0.15, -0.1) is 11.8 Å². The van der Waals surface area contributed by atoms with E-state index in [0.29, 0.717) is 11.6 Å². The van der Waals surface area contributed by atoms with E-state index in [1.54, 1.807) is 43.1 Å². The molecular formula is C19H20FN3OS. The highest BCUT2D eigenvalue weighted by Crippen LogP contribution is 2.27. The van der Waals surface area contributed by atoms with Gasteiger partial charge in [0, 0.05) is 23.4 Å². The predicted octanol–water partition coefficient (Wildman–Crippen LogP) is 3.18. The van der Waals surface area contributed by atoms with Crippen molar-refractivity contribution in [1.29, 1.82) is 0 Å². The van der Waals surface area contributed by atoms with E-state index in [9.17, 15) is 4.39 Å². The minimum Gasteiger partial charge on any atom is -0.392 e. The summed E-state index contributed by atoms with van der Waals surface area (Å²) in [5.74, 6) is 6.15. The largest absolute Gasteiger partial charge is 0.392 e. The fourth-order valence-electron chi connectivity index (χ4n) is 2.13. The number of anilines is 1. The van der Waals surface area contributed by atoms with E-state index in [1.165, 1.54) is 0 Å². The molecule has 0 saturated carbocycles. The van der Waals surface area contributed by atoms with Crippen LogP contribution >= 0.6 is 11.8 Å². The number of hydrogen-bond acceptors (Lipinski definition) is 5. The zero-order valence-electron chi connectivity index (χ0n) is 14.2. The molecule has 4 nitrogen and oxygen atoms in total. The fourth-order valence-corrected chi connectivity index (χ4v) is 3.11. The smallest absolute Gasteiger partial charge is 0.230 e. The lowest BCUT2D eigenvalue weighted by Gasteiger charge is -2.19. The molecule has 1 aromatic heterocycles. The van der Waals surface area contributed by atoms with Crippen molar-refractivity contribution < 1.29 is 9.50 Å². The summed E-state index contributed by atoms with van der Waals surface area (Å²) in [5.41, 5.74) is 1.16. The molecular weight excluding hydrogens is 337 g/mol. The van der Waals surface area contributed by atoms with E-state index in [1.807, 2.05) is 25.2 Å². The van der Waals surface area contributed by atoms with E-state index in [2.05, 4.69) is 27.1 Å². The van der Waals surface area contributed by atoms with Gasteiger partial charge in [-0.25, -0.2) is 4.98 Å². The molecule has 0 spiro atoms. The topological polar surface area (TPSA) is 57.5 Å². The van der Waals surface area contributed by atoms with Gasteiger partial charge in [-0.1, -0.05) is 24.0 Å². The van der Waals surface area contributed by atoms with Crippen LogP contribution in [0.3, 0.4) is 0 Å². The Morgan fingerprint density at radius 2 is 2.32 bits per heavy atom. The van der Waals surface area contributed by atoms with Crippen molar-refractivity contribution in [2.75, 3.05) is 24.7 Å². The number of rotatable bonds is 4. The van der Waals surface area contributed by atoms with E-state index < -0.39 is 5.95 Å². The average molecular weight is 357 g/mol. The summed E-state index contributed by atoms with van der Waals surface area (Å²) < 4.78 is 13.7. The standard InChI is InChI=1S/C19H20FN3OS/c1-3-6-16-17(11-12-24)25-13-15(22-16)8-5-4-7-14-9-10-18(21-2)23-19(14)20/h3,5-6,8-11,16,24H,12-13H2,1-2H3,(H,21,23)/b6-3-,8-5+,17-11+. The summed E-state index contributed by atoms with van der Waals surface area (Å²) in [6.45, 7) is 1.95. The predicted molar refractivity (Wildman–Crippen MR) is 103 cm³/mol. The average Bonchev–Trinajstić information content (AvgIpc) is 2.62.